The van der Waals surface area contributed by atoms with Gasteiger partial charge in [0.1, 0.15) is 0 Å². The zero-order valence-corrected chi connectivity index (χ0v) is 16.1. The van der Waals surface area contributed by atoms with Gasteiger partial charge in [-0.2, -0.15) is 0 Å². The van der Waals surface area contributed by atoms with E-state index >= 15 is 0 Å². The maximum absolute atomic E-state index is 2.62. The summed E-state index contributed by atoms with van der Waals surface area (Å²) in [5, 5.41) is 1.81. The van der Waals surface area contributed by atoms with Crippen molar-refractivity contribution < 1.29 is 16.8 Å². The summed E-state index contributed by atoms with van der Waals surface area (Å²) in [5.74, 6) is 0. The first kappa shape index (κ1) is 20.9. The van der Waals surface area contributed by atoms with E-state index in [2.05, 4.69) is 14.0 Å². The van der Waals surface area contributed by atoms with Crippen LogP contribution in [0.4, 0.5) is 0 Å². The molecule has 4 rings (SSSR count). The van der Waals surface area contributed by atoms with Crippen LogP contribution >= 0.6 is 0 Å². The van der Waals surface area contributed by atoms with E-state index in [0.29, 0.717) is 0 Å². The van der Waals surface area contributed by atoms with Crippen molar-refractivity contribution in [3.05, 3.63) is 0 Å². The van der Waals surface area contributed by atoms with Gasteiger partial charge in [0.25, 0.3) is 0 Å². The minimum atomic E-state index is 0. The predicted molar refractivity (Wildman–Crippen MR) is 142 cm³/mol. The van der Waals surface area contributed by atoms with Crippen LogP contribution in [-0.4, -0.2) is 133 Å². The molecule has 0 spiro atoms. The van der Waals surface area contributed by atoms with Crippen LogP contribution in [0.2, 0.25) is 17.1 Å². The Labute approximate surface area is 166 Å². The fourth-order valence-electron chi connectivity index (χ4n) is 5.32. The molecule has 99 valence electrons. The standard InChI is InChI=1S/C2H10B9.C2H9B9.Co/c2*3-1-2(4-8-7-3)6-10-11-9-5-1;/h1-5,7-11H;1,3-5,7-11H;/q;-1;. The molecule has 0 nitrogen and oxygen atoms in total. The van der Waals surface area contributed by atoms with Crippen molar-refractivity contribution in [2.45, 2.75) is 17.1 Å². The fourth-order valence-corrected chi connectivity index (χ4v) is 5.32. The molecule has 0 aliphatic carbocycles. The molecule has 4 aliphatic heterocycles. The van der Waals surface area contributed by atoms with Crippen LogP contribution in [0.1, 0.15) is 0 Å². The first-order valence-corrected chi connectivity index (χ1v) is 10.5. The van der Waals surface area contributed by atoms with Gasteiger partial charge in [0.15, 0.2) is 0 Å². The summed E-state index contributed by atoms with van der Waals surface area (Å²) in [6.45, 7) is 2.54. The Morgan fingerprint density at radius 1 is 0.739 bits per heavy atom. The largest absolute Gasteiger partial charge is 0.400 e. The Hall–Kier alpha value is 1.55. The topological polar surface area (TPSA) is 0 Å². The maximum Gasteiger partial charge on any atom is 0.0711 e. The van der Waals surface area contributed by atoms with E-state index in [-0.39, 0.29) is 16.8 Å². The van der Waals surface area contributed by atoms with E-state index in [1.807, 2.05) is 5.36 Å². The van der Waals surface area contributed by atoms with Crippen LogP contribution in [0.5, 0.6) is 0 Å². The van der Waals surface area contributed by atoms with E-state index < -0.39 is 0 Å². The van der Waals surface area contributed by atoms with Crippen LogP contribution in [0.25, 0.3) is 0 Å². The smallest absolute Gasteiger partial charge is 0.0711 e. The van der Waals surface area contributed by atoms with Gasteiger partial charge < -0.3 is 12.2 Å². The summed E-state index contributed by atoms with van der Waals surface area (Å²) in [6, 6.07) is 0. The molecule has 3 fully saturated rings. The van der Waals surface area contributed by atoms with Gasteiger partial charge in [-0.05, 0) is 0 Å². The van der Waals surface area contributed by atoms with Gasteiger partial charge >= 0.3 is 0 Å². The molecule has 3 atom stereocenters. The molecule has 0 aromatic carbocycles. The second-order valence-corrected chi connectivity index (χ2v) is 8.23. The maximum atomic E-state index is 2.62. The molecule has 0 bridgehead atoms. The molecule has 0 saturated carbocycles. The van der Waals surface area contributed by atoms with Crippen molar-refractivity contribution in [2.75, 3.05) is 0 Å². The molecule has 3 radical (unpaired) electrons. The minimum absolute atomic E-state index is 0. The molecule has 0 aromatic rings. The number of rotatable bonds is 0. The van der Waals surface area contributed by atoms with Crippen molar-refractivity contribution in [2.24, 2.45) is 0 Å². The van der Waals surface area contributed by atoms with Gasteiger partial charge in [0, 0.05) is 80.3 Å². The number of fused-ring (bicyclic) bond motifs is 2. The van der Waals surface area contributed by atoms with Crippen molar-refractivity contribution in [3.8, 4) is 0 Å². The second kappa shape index (κ2) is 12.0. The third kappa shape index (κ3) is 6.99. The van der Waals surface area contributed by atoms with Gasteiger partial charge in [-0.15, -0.1) is 24.2 Å². The van der Waals surface area contributed by atoms with Crippen molar-refractivity contribution in [3.63, 3.8) is 0 Å². The quantitative estimate of drug-likeness (QED) is 0.389. The first-order chi connectivity index (χ1) is 10.9. The van der Waals surface area contributed by atoms with Crippen LogP contribution in [0.3, 0.4) is 0 Å². The zero-order chi connectivity index (χ0) is 15.0. The SMILES string of the molecule is [B-]1=C2BBBBC2BBBB1.[B]1BBBBC2BBBBC12.[Co]. The minimum Gasteiger partial charge on any atom is -0.400 e. The van der Waals surface area contributed by atoms with Gasteiger partial charge in [0.05, 0.1) is 50.2 Å². The normalized spacial score (nSPS) is 28.2. The molecule has 0 aromatic heterocycles. The van der Waals surface area contributed by atoms with Crippen molar-refractivity contribution >= 4 is 133 Å². The number of hydrogen-bond acceptors (Lipinski definition) is 0. The predicted octanol–water partition coefficient (Wildman–Crippen LogP) is -10.4. The summed E-state index contributed by atoms with van der Waals surface area (Å²) in [6.07, 6.45) is 0. The average Bonchev–Trinajstić information content (AvgIpc) is 2.95. The monoisotopic (exact) mass is 324 g/mol. The summed E-state index contributed by atoms with van der Waals surface area (Å²) >= 11 is 0. The molecule has 23 heavy (non-hydrogen) atoms. The third-order valence-electron chi connectivity index (χ3n) is 6.67. The summed E-state index contributed by atoms with van der Waals surface area (Å²) < 4.78 is 0. The Balaban J connectivity index is 0.000000160. The Bertz CT molecular complexity index is 347. The number of hydrogen-bond donors (Lipinski definition) is 0. The molecule has 19 heteroatoms. The third-order valence-corrected chi connectivity index (χ3v) is 6.67. The van der Waals surface area contributed by atoms with E-state index in [1.165, 1.54) is 114 Å². The molecule has 3 saturated heterocycles. The van der Waals surface area contributed by atoms with Crippen LogP contribution in [0, 0.1) is 0 Å². The summed E-state index contributed by atoms with van der Waals surface area (Å²) in [5.41, 5.74) is 3.11. The average molecular weight is 321 g/mol. The van der Waals surface area contributed by atoms with Gasteiger partial charge in [0.2, 0.25) is 0 Å². The Kier molecular flexibility index (Phi) is 10.9. The van der Waals surface area contributed by atoms with E-state index in [1.54, 1.807) is 0 Å². The van der Waals surface area contributed by atoms with Crippen LogP contribution in [0.15, 0.2) is 0 Å². The van der Waals surface area contributed by atoms with Gasteiger partial charge in [-0.25, -0.2) is 0 Å². The molecule has 3 unspecified atom stereocenters. The van der Waals surface area contributed by atoms with Crippen molar-refractivity contribution in [1.82, 2.24) is 0 Å². The van der Waals surface area contributed by atoms with Crippen LogP contribution in [-0.2, 0) is 16.8 Å². The summed E-state index contributed by atoms with van der Waals surface area (Å²) in [4.78, 5) is 0. The molecule has 0 N–H and O–H groups in total. The molecule has 4 aliphatic rings. The Morgan fingerprint density at radius 2 is 1.43 bits per heavy atom. The van der Waals surface area contributed by atoms with Gasteiger partial charge in [-0.1, -0.05) is 0 Å². The zero-order valence-electron chi connectivity index (χ0n) is 15.0. The van der Waals surface area contributed by atoms with E-state index in [0.717, 1.165) is 17.1 Å². The molecular weight excluding hydrogens is 302 g/mol. The molecular formula is C4H19B18Co-. The molecule has 4 heterocycles. The summed E-state index contributed by atoms with van der Waals surface area (Å²) in [7, 11) is 26.2. The van der Waals surface area contributed by atoms with Crippen molar-refractivity contribution in [1.29, 1.82) is 0 Å². The first-order valence-electron chi connectivity index (χ1n) is 10.5. The van der Waals surface area contributed by atoms with Gasteiger partial charge in [-0.3, -0.25) is 0 Å². The van der Waals surface area contributed by atoms with E-state index in [4.69, 9.17) is 0 Å². The molecule has 0 amide bonds. The Morgan fingerprint density at radius 3 is 2.30 bits per heavy atom. The fraction of sp³-hybridized carbons (Fsp3) is 0.750. The second-order valence-electron chi connectivity index (χ2n) is 8.23. The van der Waals surface area contributed by atoms with Crippen LogP contribution < -0.4 is 0 Å². The van der Waals surface area contributed by atoms with E-state index in [9.17, 15) is 0 Å².